The van der Waals surface area contributed by atoms with Crippen molar-refractivity contribution < 1.29 is 18.0 Å². The summed E-state index contributed by atoms with van der Waals surface area (Å²) in [6.45, 7) is 4.39. The number of anilines is 1. The summed E-state index contributed by atoms with van der Waals surface area (Å²) >= 11 is 0. The van der Waals surface area contributed by atoms with Gasteiger partial charge in [0.05, 0.1) is 16.8 Å². The topological polar surface area (TPSA) is 60.1 Å². The van der Waals surface area contributed by atoms with E-state index < -0.39 is 23.4 Å². The highest BCUT2D eigenvalue weighted by Crippen LogP contribution is 2.34. The van der Waals surface area contributed by atoms with Crippen molar-refractivity contribution in [2.24, 2.45) is 0 Å². The molecule has 0 unspecified atom stereocenters. The van der Waals surface area contributed by atoms with E-state index in [2.05, 4.69) is 5.32 Å². The summed E-state index contributed by atoms with van der Waals surface area (Å²) in [5, 5.41) is 3.21. The van der Waals surface area contributed by atoms with Crippen molar-refractivity contribution >= 4 is 22.5 Å². The molecule has 3 aromatic carbocycles. The van der Waals surface area contributed by atoms with Crippen LogP contribution in [0.4, 0.5) is 18.9 Å². The quantitative estimate of drug-likeness (QED) is 0.367. The lowest BCUT2D eigenvalue weighted by Gasteiger charge is -2.16. The van der Waals surface area contributed by atoms with Crippen LogP contribution in [0.3, 0.4) is 0 Å². The molecule has 0 aliphatic carbocycles. The third-order valence-electron chi connectivity index (χ3n) is 5.62. The third kappa shape index (κ3) is 4.44. The molecule has 4 aromatic rings. The smallest absolute Gasteiger partial charge is 0.254 e. The van der Waals surface area contributed by atoms with Crippen molar-refractivity contribution in [3.8, 4) is 0 Å². The van der Waals surface area contributed by atoms with Crippen LogP contribution in [0.25, 0.3) is 10.9 Å². The summed E-state index contributed by atoms with van der Waals surface area (Å²) in [7, 11) is 0. The summed E-state index contributed by atoms with van der Waals surface area (Å²) in [6.07, 6.45) is 0. The van der Waals surface area contributed by atoms with Gasteiger partial charge in [0.1, 0.15) is 5.82 Å². The van der Waals surface area contributed by atoms with Crippen molar-refractivity contribution in [1.82, 2.24) is 9.88 Å². The number of nitrogens with one attached hydrogen (secondary N) is 1. The van der Waals surface area contributed by atoms with Crippen molar-refractivity contribution in [3.05, 3.63) is 100 Å². The second kappa shape index (κ2) is 9.02. The molecule has 170 valence electrons. The van der Waals surface area contributed by atoms with Crippen molar-refractivity contribution in [2.75, 3.05) is 5.73 Å². The van der Waals surface area contributed by atoms with Crippen LogP contribution in [-0.2, 0) is 13.1 Å². The minimum Gasteiger partial charge on any atom is -0.396 e. The number of carbonyl (C=O) groups is 1. The van der Waals surface area contributed by atoms with Gasteiger partial charge >= 0.3 is 0 Å². The maximum atomic E-state index is 14.5. The Hall–Kier alpha value is -3.74. The number of fused-ring (bicyclic) bond motifs is 1. The number of nitrogen functional groups attached to an aromatic ring is 1. The van der Waals surface area contributed by atoms with E-state index in [-0.39, 0.29) is 18.2 Å². The van der Waals surface area contributed by atoms with Crippen LogP contribution in [-0.4, -0.2) is 10.5 Å². The van der Waals surface area contributed by atoms with Crippen LogP contribution in [0.5, 0.6) is 0 Å². The maximum Gasteiger partial charge on any atom is 0.254 e. The van der Waals surface area contributed by atoms with Gasteiger partial charge in [-0.1, -0.05) is 50.2 Å². The van der Waals surface area contributed by atoms with Crippen molar-refractivity contribution in [1.29, 1.82) is 0 Å². The second-order valence-corrected chi connectivity index (χ2v) is 8.31. The molecule has 4 rings (SSSR count). The first-order valence-corrected chi connectivity index (χ1v) is 10.6. The van der Waals surface area contributed by atoms with E-state index in [1.807, 2.05) is 48.7 Å². The first kappa shape index (κ1) is 22.5. The summed E-state index contributed by atoms with van der Waals surface area (Å²) in [6, 6.07) is 16.0. The summed E-state index contributed by atoms with van der Waals surface area (Å²) in [5.41, 5.74) is 9.03. The molecule has 0 saturated heterocycles. The fourth-order valence-electron chi connectivity index (χ4n) is 4.10. The fourth-order valence-corrected chi connectivity index (χ4v) is 4.10. The first-order valence-electron chi connectivity index (χ1n) is 10.6. The molecule has 0 saturated carbocycles. The maximum absolute atomic E-state index is 14.5. The molecule has 0 spiro atoms. The molecule has 4 nitrogen and oxygen atoms in total. The van der Waals surface area contributed by atoms with Gasteiger partial charge in [-0.05, 0) is 41.3 Å². The number of nitrogens with zero attached hydrogens (tertiary/aromatic N) is 1. The zero-order valence-corrected chi connectivity index (χ0v) is 18.3. The van der Waals surface area contributed by atoms with Crippen LogP contribution in [0.2, 0.25) is 0 Å². The molecule has 0 radical (unpaired) electrons. The Morgan fingerprint density at radius 2 is 1.67 bits per heavy atom. The van der Waals surface area contributed by atoms with E-state index in [0.717, 1.165) is 23.4 Å². The van der Waals surface area contributed by atoms with Gasteiger partial charge in [-0.25, -0.2) is 13.2 Å². The molecular weight excluding hydrogens is 427 g/mol. The Bertz CT molecular complexity index is 1330. The van der Waals surface area contributed by atoms with Gasteiger partial charge in [0, 0.05) is 24.2 Å². The highest BCUT2D eigenvalue weighted by atomic mass is 19.2. The Morgan fingerprint density at radius 3 is 2.33 bits per heavy atom. The number of nitrogens with two attached hydrogens (primary N) is 1. The molecule has 1 heterocycles. The largest absolute Gasteiger partial charge is 0.396 e. The molecular formula is C26H24F3N3O. The van der Waals surface area contributed by atoms with E-state index >= 15 is 0 Å². The van der Waals surface area contributed by atoms with E-state index in [1.54, 1.807) is 6.07 Å². The van der Waals surface area contributed by atoms with Crippen LogP contribution in [0.15, 0.2) is 60.7 Å². The van der Waals surface area contributed by atoms with E-state index in [1.165, 1.54) is 12.1 Å². The minimum atomic E-state index is -0.985. The number of amides is 1. The molecule has 3 N–H and O–H groups in total. The monoisotopic (exact) mass is 451 g/mol. The number of rotatable bonds is 6. The van der Waals surface area contributed by atoms with Gasteiger partial charge in [-0.15, -0.1) is 0 Å². The molecule has 0 aliphatic rings. The SMILES string of the molecule is CC(C)c1c(C(=O)NCc2ccc(F)c(F)c2)c2cc(F)c(N)cc2n1Cc1ccccc1. The standard InChI is InChI=1S/C26H24F3N3O/c1-15(2)25-24(26(33)31-13-17-8-9-19(27)20(28)10-17)18-11-21(29)22(30)12-23(18)32(25)14-16-6-4-3-5-7-16/h3-12,15H,13-14,30H2,1-2H3,(H,31,33). The number of benzene rings is 3. The lowest BCUT2D eigenvalue weighted by atomic mass is 10.0. The zero-order valence-electron chi connectivity index (χ0n) is 18.3. The molecule has 0 bridgehead atoms. The molecule has 0 atom stereocenters. The molecule has 0 aliphatic heterocycles. The van der Waals surface area contributed by atoms with Crippen LogP contribution in [0.1, 0.15) is 46.9 Å². The van der Waals surface area contributed by atoms with E-state index in [4.69, 9.17) is 5.73 Å². The lowest BCUT2D eigenvalue weighted by molar-refractivity contribution is 0.0951. The van der Waals surface area contributed by atoms with Gasteiger partial charge in [0.2, 0.25) is 0 Å². The van der Waals surface area contributed by atoms with Crippen LogP contribution in [0, 0.1) is 17.5 Å². The second-order valence-electron chi connectivity index (χ2n) is 8.31. The first-order chi connectivity index (χ1) is 15.8. The summed E-state index contributed by atoms with van der Waals surface area (Å²) in [5.74, 6) is -3.03. The van der Waals surface area contributed by atoms with E-state index in [0.29, 0.717) is 28.6 Å². The fraction of sp³-hybridized carbons (Fsp3) is 0.192. The van der Waals surface area contributed by atoms with Gasteiger partial charge in [-0.2, -0.15) is 0 Å². The Kier molecular flexibility index (Phi) is 6.14. The third-order valence-corrected chi connectivity index (χ3v) is 5.62. The van der Waals surface area contributed by atoms with Gasteiger partial charge in [0.25, 0.3) is 5.91 Å². The number of hydrogen-bond donors (Lipinski definition) is 2. The van der Waals surface area contributed by atoms with Gasteiger partial charge < -0.3 is 15.6 Å². The Balaban J connectivity index is 1.80. The molecule has 1 aromatic heterocycles. The Morgan fingerprint density at radius 1 is 0.939 bits per heavy atom. The summed E-state index contributed by atoms with van der Waals surface area (Å²) in [4.78, 5) is 13.3. The summed E-state index contributed by atoms with van der Waals surface area (Å²) < 4.78 is 43.2. The molecule has 7 heteroatoms. The highest BCUT2D eigenvalue weighted by molar-refractivity contribution is 6.09. The lowest BCUT2D eigenvalue weighted by Crippen LogP contribution is -2.24. The zero-order chi connectivity index (χ0) is 23.7. The average Bonchev–Trinajstić information content (AvgIpc) is 3.08. The predicted molar refractivity (Wildman–Crippen MR) is 123 cm³/mol. The number of halogens is 3. The van der Waals surface area contributed by atoms with Crippen molar-refractivity contribution in [2.45, 2.75) is 32.9 Å². The molecule has 33 heavy (non-hydrogen) atoms. The highest BCUT2D eigenvalue weighted by Gasteiger charge is 2.25. The van der Waals surface area contributed by atoms with Crippen molar-refractivity contribution in [3.63, 3.8) is 0 Å². The van der Waals surface area contributed by atoms with Crippen LogP contribution < -0.4 is 11.1 Å². The molecule has 1 amide bonds. The van der Waals surface area contributed by atoms with Gasteiger partial charge in [-0.3, -0.25) is 4.79 Å². The number of carbonyl (C=O) groups excluding carboxylic acids is 1. The van der Waals surface area contributed by atoms with Crippen LogP contribution >= 0.6 is 0 Å². The average molecular weight is 451 g/mol. The molecule has 0 fully saturated rings. The van der Waals surface area contributed by atoms with E-state index in [9.17, 15) is 18.0 Å². The minimum absolute atomic E-state index is 0.00152. The number of hydrogen-bond acceptors (Lipinski definition) is 2. The Labute approximate surface area is 189 Å². The predicted octanol–water partition coefficient (Wildman–Crippen LogP) is 5.74. The normalized spacial score (nSPS) is 11.3. The van der Waals surface area contributed by atoms with Gasteiger partial charge in [0.15, 0.2) is 11.6 Å². The number of aromatic nitrogens is 1.